The zero-order chi connectivity index (χ0) is 15.3. The van der Waals surface area contributed by atoms with Crippen LogP contribution in [0.4, 0.5) is 0 Å². The first kappa shape index (κ1) is 19.9. The molecule has 0 atom stereocenters. The molecule has 21 heavy (non-hydrogen) atoms. The van der Waals surface area contributed by atoms with Gasteiger partial charge in [0.25, 0.3) is 5.91 Å². The Bertz CT molecular complexity index is 569. The summed E-state index contributed by atoms with van der Waals surface area (Å²) < 4.78 is 30.3. The topological polar surface area (TPSA) is 106 Å². The Morgan fingerprint density at radius 2 is 2.00 bits per heavy atom. The molecule has 0 saturated carbocycles. The van der Waals surface area contributed by atoms with E-state index in [9.17, 15) is 13.2 Å². The molecule has 0 bridgehead atoms. The maximum atomic E-state index is 12.0. The van der Waals surface area contributed by atoms with Crippen LogP contribution in [0.1, 0.15) is 29.2 Å². The van der Waals surface area contributed by atoms with Gasteiger partial charge in [-0.15, -0.1) is 12.4 Å². The van der Waals surface area contributed by atoms with E-state index in [4.69, 9.17) is 10.2 Å². The van der Waals surface area contributed by atoms with Gasteiger partial charge in [0.05, 0.1) is 0 Å². The Balaban J connectivity index is 0.00000400. The molecule has 122 valence electrons. The molecule has 1 aromatic heterocycles. The fourth-order valence-corrected chi connectivity index (χ4v) is 2.64. The molecular formula is C12H22ClN3O4S. The van der Waals surface area contributed by atoms with Gasteiger partial charge in [0.2, 0.25) is 10.0 Å². The third-order valence-electron chi connectivity index (χ3n) is 2.77. The van der Waals surface area contributed by atoms with Gasteiger partial charge in [0.1, 0.15) is 10.7 Å². The van der Waals surface area contributed by atoms with Crippen molar-refractivity contribution in [2.24, 2.45) is 5.73 Å². The monoisotopic (exact) mass is 339 g/mol. The number of aryl methyl sites for hydroxylation is 1. The number of amides is 1. The fraction of sp³-hybridized carbons (Fsp3) is 0.583. The highest BCUT2D eigenvalue weighted by Gasteiger charge is 2.25. The molecule has 1 amide bonds. The lowest BCUT2D eigenvalue weighted by Gasteiger charge is -2.09. The predicted octanol–water partition coefficient (Wildman–Crippen LogP) is 0.729. The molecule has 0 saturated heterocycles. The minimum atomic E-state index is -3.61. The van der Waals surface area contributed by atoms with Crippen LogP contribution in [-0.4, -0.2) is 45.8 Å². The van der Waals surface area contributed by atoms with E-state index in [1.807, 2.05) is 0 Å². The van der Waals surface area contributed by atoms with Crippen LogP contribution >= 0.6 is 12.4 Å². The predicted molar refractivity (Wildman–Crippen MR) is 82.2 cm³/mol. The van der Waals surface area contributed by atoms with E-state index in [0.717, 1.165) is 17.1 Å². The Hall–Kier alpha value is -1.09. The minimum Gasteiger partial charge on any atom is -0.455 e. The van der Waals surface area contributed by atoms with Crippen molar-refractivity contribution in [2.45, 2.75) is 24.7 Å². The van der Waals surface area contributed by atoms with E-state index < -0.39 is 15.9 Å². The number of carbonyl (C=O) groups excluding carboxylic acids is 1. The normalized spacial score (nSPS) is 11.3. The molecule has 0 aliphatic carbocycles. The average Bonchev–Trinajstić information content (AvgIpc) is 2.77. The molecule has 1 aromatic rings. The summed E-state index contributed by atoms with van der Waals surface area (Å²) in [7, 11) is -0.756. The molecular weight excluding hydrogens is 318 g/mol. The number of unbranched alkanes of at least 4 members (excludes halogenated alkanes) is 1. The summed E-state index contributed by atoms with van der Waals surface area (Å²) >= 11 is 0. The third-order valence-corrected chi connectivity index (χ3v) is 4.69. The van der Waals surface area contributed by atoms with Crippen molar-refractivity contribution in [3.05, 3.63) is 17.6 Å². The summed E-state index contributed by atoms with van der Waals surface area (Å²) in [5, 5.41) is 2.66. The van der Waals surface area contributed by atoms with Crippen molar-refractivity contribution in [1.82, 2.24) is 9.62 Å². The van der Waals surface area contributed by atoms with E-state index in [2.05, 4.69) is 5.32 Å². The van der Waals surface area contributed by atoms with E-state index in [1.54, 1.807) is 0 Å². The standard InChI is InChI=1S/C12H21N3O4S.ClH/c1-9-11(20(17,18)15(2)3)8-10(19-9)12(16)14-7-5-4-6-13;/h8H,4-7,13H2,1-3H3,(H,14,16);1H. The zero-order valence-corrected chi connectivity index (χ0v) is 14.0. The average molecular weight is 340 g/mol. The second-order valence-corrected chi connectivity index (χ2v) is 6.69. The Morgan fingerprint density at radius 1 is 1.38 bits per heavy atom. The number of rotatable bonds is 7. The van der Waals surface area contributed by atoms with Gasteiger partial charge in [-0.05, 0) is 26.3 Å². The molecule has 0 spiro atoms. The van der Waals surface area contributed by atoms with Gasteiger partial charge in [-0.2, -0.15) is 0 Å². The number of hydrogen-bond acceptors (Lipinski definition) is 5. The van der Waals surface area contributed by atoms with Crippen LogP contribution in [0, 0.1) is 6.92 Å². The van der Waals surface area contributed by atoms with Crippen LogP contribution < -0.4 is 11.1 Å². The number of halogens is 1. The summed E-state index contributed by atoms with van der Waals surface area (Å²) in [6.07, 6.45) is 1.59. The van der Waals surface area contributed by atoms with Gasteiger partial charge < -0.3 is 15.5 Å². The maximum absolute atomic E-state index is 12.0. The maximum Gasteiger partial charge on any atom is 0.287 e. The van der Waals surface area contributed by atoms with Crippen molar-refractivity contribution in [3.8, 4) is 0 Å². The first-order chi connectivity index (χ1) is 9.30. The van der Waals surface area contributed by atoms with Crippen molar-refractivity contribution in [1.29, 1.82) is 0 Å². The second-order valence-electron chi connectivity index (χ2n) is 4.57. The molecule has 7 nitrogen and oxygen atoms in total. The Kier molecular flexibility index (Phi) is 7.94. The van der Waals surface area contributed by atoms with E-state index in [1.165, 1.54) is 27.1 Å². The molecule has 1 rings (SSSR count). The van der Waals surface area contributed by atoms with Gasteiger partial charge in [0, 0.05) is 26.7 Å². The largest absolute Gasteiger partial charge is 0.455 e. The van der Waals surface area contributed by atoms with E-state index in [-0.39, 0.29) is 28.8 Å². The summed E-state index contributed by atoms with van der Waals surface area (Å²) in [5.41, 5.74) is 5.35. The minimum absolute atomic E-state index is 0. The molecule has 0 fully saturated rings. The van der Waals surface area contributed by atoms with Crippen LogP contribution in [-0.2, 0) is 10.0 Å². The molecule has 0 unspecified atom stereocenters. The lowest BCUT2D eigenvalue weighted by Crippen LogP contribution is -2.24. The highest BCUT2D eigenvalue weighted by molar-refractivity contribution is 7.89. The van der Waals surface area contributed by atoms with Crippen molar-refractivity contribution in [2.75, 3.05) is 27.2 Å². The number of hydrogen-bond donors (Lipinski definition) is 2. The van der Waals surface area contributed by atoms with Gasteiger partial charge in [-0.25, -0.2) is 12.7 Å². The van der Waals surface area contributed by atoms with Gasteiger partial charge in [0.15, 0.2) is 5.76 Å². The number of nitrogens with two attached hydrogens (primary N) is 1. The van der Waals surface area contributed by atoms with Crippen LogP contribution in [0.25, 0.3) is 0 Å². The Labute approximate surface area is 131 Å². The summed E-state index contributed by atoms with van der Waals surface area (Å²) in [4.78, 5) is 11.8. The highest BCUT2D eigenvalue weighted by Crippen LogP contribution is 2.22. The molecule has 0 aliphatic heterocycles. The van der Waals surface area contributed by atoms with Crippen molar-refractivity contribution >= 4 is 28.3 Å². The summed E-state index contributed by atoms with van der Waals surface area (Å²) in [5.74, 6) is -0.230. The first-order valence-electron chi connectivity index (χ1n) is 6.32. The first-order valence-corrected chi connectivity index (χ1v) is 7.76. The smallest absolute Gasteiger partial charge is 0.287 e. The third kappa shape index (κ3) is 4.99. The number of sulfonamides is 1. The molecule has 1 heterocycles. The fourth-order valence-electron chi connectivity index (χ4n) is 1.59. The second kappa shape index (κ2) is 8.38. The number of carbonyl (C=O) groups is 1. The van der Waals surface area contributed by atoms with Crippen LogP contribution in [0.2, 0.25) is 0 Å². The van der Waals surface area contributed by atoms with Crippen LogP contribution in [0.15, 0.2) is 15.4 Å². The van der Waals surface area contributed by atoms with Gasteiger partial charge in [-0.3, -0.25) is 4.79 Å². The van der Waals surface area contributed by atoms with Crippen LogP contribution in [0.5, 0.6) is 0 Å². The molecule has 9 heteroatoms. The summed E-state index contributed by atoms with van der Waals surface area (Å²) in [6, 6.07) is 1.25. The quantitative estimate of drug-likeness (QED) is 0.712. The number of nitrogens with zero attached hydrogens (tertiary/aromatic N) is 1. The molecule has 3 N–H and O–H groups in total. The number of furan rings is 1. The Morgan fingerprint density at radius 3 is 2.52 bits per heavy atom. The summed E-state index contributed by atoms with van der Waals surface area (Å²) in [6.45, 7) is 2.56. The SMILES string of the molecule is Cc1oc(C(=O)NCCCCN)cc1S(=O)(=O)N(C)C.Cl. The lowest BCUT2D eigenvalue weighted by atomic mass is 10.3. The lowest BCUT2D eigenvalue weighted by molar-refractivity contribution is 0.0924. The molecule has 0 radical (unpaired) electrons. The highest BCUT2D eigenvalue weighted by atomic mass is 35.5. The zero-order valence-electron chi connectivity index (χ0n) is 12.4. The van der Waals surface area contributed by atoms with Gasteiger partial charge >= 0.3 is 0 Å². The number of nitrogens with one attached hydrogen (secondary N) is 1. The molecule has 0 aromatic carbocycles. The molecule has 0 aliphatic rings. The van der Waals surface area contributed by atoms with Gasteiger partial charge in [-0.1, -0.05) is 0 Å². The van der Waals surface area contributed by atoms with Crippen LogP contribution in [0.3, 0.4) is 0 Å². The van der Waals surface area contributed by atoms with Crippen molar-refractivity contribution in [3.63, 3.8) is 0 Å². The van der Waals surface area contributed by atoms with E-state index >= 15 is 0 Å². The van der Waals surface area contributed by atoms with E-state index in [0.29, 0.717) is 13.1 Å². The van der Waals surface area contributed by atoms with Crippen molar-refractivity contribution < 1.29 is 17.6 Å².